The molecule has 2 aromatic rings. The normalized spacial score (nSPS) is 11.1. The van der Waals surface area contributed by atoms with Crippen molar-refractivity contribution in [3.63, 3.8) is 0 Å². The molecule has 0 aromatic heterocycles. The third-order valence-corrected chi connectivity index (χ3v) is 3.74. The maximum absolute atomic E-state index is 12.3. The minimum atomic E-state index is -0.376. The van der Waals surface area contributed by atoms with Gasteiger partial charge >= 0.3 is 0 Å². The first-order chi connectivity index (χ1) is 12.0. The number of benzene rings is 2. The largest absolute Gasteiger partial charge is 0.507 e. The lowest BCUT2D eigenvalue weighted by atomic mass is 10.0. The Kier molecular flexibility index (Phi) is 6.00. The van der Waals surface area contributed by atoms with Gasteiger partial charge in [0.1, 0.15) is 5.75 Å². The number of carbonyl (C=O) groups excluding carboxylic acids is 1. The van der Waals surface area contributed by atoms with Crippen LogP contribution in [0.1, 0.15) is 34.8 Å². The minimum Gasteiger partial charge on any atom is -0.507 e. The Labute approximate surface area is 147 Å². The Morgan fingerprint density at radius 3 is 2.48 bits per heavy atom. The second-order valence-electron chi connectivity index (χ2n) is 5.44. The Balaban J connectivity index is 2.24. The number of phenols is 1. The summed E-state index contributed by atoms with van der Waals surface area (Å²) >= 11 is 0. The predicted octanol–water partition coefficient (Wildman–Crippen LogP) is 3.26. The molecule has 0 aliphatic heterocycles. The SMILES string of the molecule is CC/C(=N\NC(=O)c1ccc(OC)c(OC)c1)c1cc(C)ccc1O. The van der Waals surface area contributed by atoms with Gasteiger partial charge in [0.25, 0.3) is 5.91 Å². The van der Waals surface area contributed by atoms with Crippen molar-refractivity contribution in [2.75, 3.05) is 14.2 Å². The number of hydrogen-bond donors (Lipinski definition) is 2. The zero-order valence-corrected chi connectivity index (χ0v) is 14.8. The molecular weight excluding hydrogens is 320 g/mol. The molecule has 6 heteroatoms. The van der Waals surface area contributed by atoms with E-state index in [-0.39, 0.29) is 11.7 Å². The lowest BCUT2D eigenvalue weighted by Gasteiger charge is -2.10. The van der Waals surface area contributed by atoms with Gasteiger partial charge in [0.2, 0.25) is 0 Å². The molecule has 2 aromatic carbocycles. The second kappa shape index (κ2) is 8.19. The van der Waals surface area contributed by atoms with Crippen LogP contribution < -0.4 is 14.9 Å². The van der Waals surface area contributed by atoms with Gasteiger partial charge in [-0.1, -0.05) is 18.6 Å². The van der Waals surface area contributed by atoms with E-state index in [4.69, 9.17) is 9.47 Å². The van der Waals surface area contributed by atoms with E-state index in [1.165, 1.54) is 14.2 Å². The monoisotopic (exact) mass is 342 g/mol. The van der Waals surface area contributed by atoms with Gasteiger partial charge in [-0.25, -0.2) is 5.43 Å². The van der Waals surface area contributed by atoms with Crippen molar-refractivity contribution in [3.05, 3.63) is 53.1 Å². The third kappa shape index (κ3) is 4.29. The van der Waals surface area contributed by atoms with E-state index in [1.807, 2.05) is 26.0 Å². The van der Waals surface area contributed by atoms with Gasteiger partial charge in [0.05, 0.1) is 19.9 Å². The summed E-state index contributed by atoms with van der Waals surface area (Å²) in [5.74, 6) is 0.762. The van der Waals surface area contributed by atoms with Crippen molar-refractivity contribution in [1.29, 1.82) is 0 Å². The van der Waals surface area contributed by atoms with Crippen molar-refractivity contribution in [1.82, 2.24) is 5.43 Å². The van der Waals surface area contributed by atoms with Gasteiger partial charge in [0.15, 0.2) is 11.5 Å². The van der Waals surface area contributed by atoms with Crippen LogP contribution in [0.2, 0.25) is 0 Å². The van der Waals surface area contributed by atoms with Crippen LogP contribution in [0.3, 0.4) is 0 Å². The van der Waals surface area contributed by atoms with Crippen molar-refractivity contribution in [2.24, 2.45) is 5.10 Å². The molecule has 1 amide bonds. The molecule has 0 aliphatic carbocycles. The second-order valence-corrected chi connectivity index (χ2v) is 5.44. The average molecular weight is 342 g/mol. The van der Waals surface area contributed by atoms with Crippen LogP contribution >= 0.6 is 0 Å². The van der Waals surface area contributed by atoms with E-state index in [9.17, 15) is 9.90 Å². The molecule has 25 heavy (non-hydrogen) atoms. The number of nitrogens with one attached hydrogen (secondary N) is 1. The number of hydrogen-bond acceptors (Lipinski definition) is 5. The smallest absolute Gasteiger partial charge is 0.271 e. The Morgan fingerprint density at radius 1 is 1.12 bits per heavy atom. The number of phenolic OH excluding ortho intramolecular Hbond substituents is 1. The van der Waals surface area contributed by atoms with E-state index in [1.54, 1.807) is 24.3 Å². The summed E-state index contributed by atoms with van der Waals surface area (Å²) in [5, 5.41) is 14.2. The summed E-state index contributed by atoms with van der Waals surface area (Å²) in [6.45, 7) is 3.83. The minimum absolute atomic E-state index is 0.131. The number of hydrazone groups is 1. The summed E-state index contributed by atoms with van der Waals surface area (Å²) in [6, 6.07) is 10.1. The molecule has 0 aliphatic rings. The van der Waals surface area contributed by atoms with E-state index >= 15 is 0 Å². The maximum Gasteiger partial charge on any atom is 0.271 e. The molecule has 0 fully saturated rings. The molecule has 0 heterocycles. The number of rotatable bonds is 6. The molecule has 6 nitrogen and oxygen atoms in total. The molecule has 132 valence electrons. The number of methoxy groups -OCH3 is 2. The lowest BCUT2D eigenvalue weighted by Crippen LogP contribution is -2.20. The van der Waals surface area contributed by atoms with Crippen LogP contribution in [0.4, 0.5) is 0 Å². The van der Waals surface area contributed by atoms with Crippen LogP contribution in [0.5, 0.6) is 17.2 Å². The molecule has 0 saturated heterocycles. The van der Waals surface area contributed by atoms with Crippen LogP contribution in [0, 0.1) is 6.92 Å². The number of amides is 1. The van der Waals surface area contributed by atoms with E-state index in [2.05, 4.69) is 10.5 Å². The summed E-state index contributed by atoms with van der Waals surface area (Å²) in [6.07, 6.45) is 0.559. The van der Waals surface area contributed by atoms with Crippen LogP contribution in [0.25, 0.3) is 0 Å². The molecule has 2 rings (SSSR count). The topological polar surface area (TPSA) is 80.2 Å². The first kappa shape index (κ1) is 18.3. The molecule has 0 bridgehead atoms. The van der Waals surface area contributed by atoms with E-state index in [0.717, 1.165) is 5.56 Å². The Hall–Kier alpha value is -3.02. The fourth-order valence-electron chi connectivity index (χ4n) is 2.37. The molecule has 0 unspecified atom stereocenters. The molecule has 0 saturated carbocycles. The maximum atomic E-state index is 12.3. The van der Waals surface area contributed by atoms with E-state index < -0.39 is 0 Å². The number of nitrogens with zero attached hydrogens (tertiary/aromatic N) is 1. The number of carbonyl (C=O) groups is 1. The first-order valence-electron chi connectivity index (χ1n) is 7.89. The fourth-order valence-corrected chi connectivity index (χ4v) is 2.37. The zero-order valence-electron chi connectivity index (χ0n) is 14.8. The highest BCUT2D eigenvalue weighted by Crippen LogP contribution is 2.27. The van der Waals surface area contributed by atoms with Gasteiger partial charge in [-0.15, -0.1) is 0 Å². The highest BCUT2D eigenvalue weighted by molar-refractivity contribution is 6.04. The highest BCUT2D eigenvalue weighted by Gasteiger charge is 2.12. The fraction of sp³-hybridized carbons (Fsp3) is 0.263. The van der Waals surface area contributed by atoms with Gasteiger partial charge in [0, 0.05) is 11.1 Å². The van der Waals surface area contributed by atoms with Crippen LogP contribution in [0.15, 0.2) is 41.5 Å². The Morgan fingerprint density at radius 2 is 1.84 bits per heavy atom. The average Bonchev–Trinajstić information content (AvgIpc) is 2.63. The van der Waals surface area contributed by atoms with Gasteiger partial charge in [-0.2, -0.15) is 5.10 Å². The summed E-state index contributed by atoms with van der Waals surface area (Å²) in [4.78, 5) is 12.3. The van der Waals surface area contributed by atoms with E-state index in [0.29, 0.717) is 34.8 Å². The van der Waals surface area contributed by atoms with Crippen molar-refractivity contribution in [3.8, 4) is 17.2 Å². The van der Waals surface area contributed by atoms with Gasteiger partial charge in [-0.05, 0) is 43.7 Å². The molecule has 2 N–H and O–H groups in total. The quantitative estimate of drug-likeness (QED) is 0.624. The number of ether oxygens (including phenoxy) is 2. The number of aromatic hydroxyl groups is 1. The summed E-state index contributed by atoms with van der Waals surface area (Å²) in [5.41, 5.74) is 5.12. The molecule has 0 spiro atoms. The highest BCUT2D eigenvalue weighted by atomic mass is 16.5. The van der Waals surface area contributed by atoms with Crippen molar-refractivity contribution >= 4 is 11.6 Å². The summed E-state index contributed by atoms with van der Waals surface area (Å²) < 4.78 is 10.4. The third-order valence-electron chi connectivity index (χ3n) is 3.74. The molecular formula is C19H22N2O4. The van der Waals surface area contributed by atoms with Crippen molar-refractivity contribution in [2.45, 2.75) is 20.3 Å². The molecule has 0 atom stereocenters. The van der Waals surface area contributed by atoms with Crippen LogP contribution in [-0.4, -0.2) is 30.9 Å². The van der Waals surface area contributed by atoms with Crippen molar-refractivity contribution < 1.29 is 19.4 Å². The standard InChI is InChI=1S/C19H22N2O4/c1-5-15(14-10-12(2)6-8-16(14)22)20-21-19(23)13-7-9-17(24-3)18(11-13)25-4/h6-11,22H,5H2,1-4H3,(H,21,23)/b20-15+. The lowest BCUT2D eigenvalue weighted by molar-refractivity contribution is 0.0954. The summed E-state index contributed by atoms with van der Waals surface area (Å²) in [7, 11) is 3.04. The first-order valence-corrected chi connectivity index (χ1v) is 7.89. The molecule has 0 radical (unpaired) electrons. The van der Waals surface area contributed by atoms with Gasteiger partial charge in [-0.3, -0.25) is 4.79 Å². The Bertz CT molecular complexity index is 800. The number of aryl methyl sites for hydroxylation is 1. The van der Waals surface area contributed by atoms with Gasteiger partial charge < -0.3 is 14.6 Å². The van der Waals surface area contributed by atoms with Crippen LogP contribution in [-0.2, 0) is 0 Å². The predicted molar refractivity (Wildman–Crippen MR) is 96.7 cm³/mol. The zero-order chi connectivity index (χ0) is 18.4.